The van der Waals surface area contributed by atoms with E-state index in [-0.39, 0.29) is 28.8 Å². The van der Waals surface area contributed by atoms with Gasteiger partial charge in [0.15, 0.2) is 0 Å². The number of hydrogen-bond donors (Lipinski definition) is 1. The van der Waals surface area contributed by atoms with Crippen molar-refractivity contribution in [3.8, 4) is 0 Å². The lowest BCUT2D eigenvalue weighted by molar-refractivity contribution is -0.162. The molecule has 9 atom stereocenters. The second-order valence-electron chi connectivity index (χ2n) is 11.4. The van der Waals surface area contributed by atoms with Crippen molar-refractivity contribution < 1.29 is 19.4 Å². The zero-order valence-corrected chi connectivity index (χ0v) is 18.8. The topological polar surface area (TPSA) is 63.6 Å². The van der Waals surface area contributed by atoms with Crippen LogP contribution in [0.15, 0.2) is 0 Å². The second-order valence-corrected chi connectivity index (χ2v) is 11.4. The highest BCUT2D eigenvalue weighted by atomic mass is 16.5. The molecule has 4 saturated carbocycles. The van der Waals surface area contributed by atoms with E-state index in [1.807, 2.05) is 0 Å². The molecule has 0 heterocycles. The molecule has 0 aromatic carbocycles. The zero-order chi connectivity index (χ0) is 21.0. The number of aliphatic hydroxyl groups excluding tert-OH is 1. The molecule has 0 saturated heterocycles. The van der Waals surface area contributed by atoms with Crippen LogP contribution in [0, 0.1) is 46.3 Å². The van der Waals surface area contributed by atoms with Crippen molar-refractivity contribution in [2.45, 2.75) is 91.1 Å². The summed E-state index contributed by atoms with van der Waals surface area (Å²) >= 11 is 0. The maximum Gasteiger partial charge on any atom is 0.305 e. The summed E-state index contributed by atoms with van der Waals surface area (Å²) < 4.78 is 4.84. The molecule has 0 amide bonds. The average molecular weight is 405 g/mol. The molecule has 4 heteroatoms. The van der Waals surface area contributed by atoms with E-state index in [0.717, 1.165) is 38.5 Å². The van der Waals surface area contributed by atoms with Crippen molar-refractivity contribution in [3.63, 3.8) is 0 Å². The molecular formula is C25H40O4. The molecule has 4 nitrogen and oxygen atoms in total. The monoisotopic (exact) mass is 404 g/mol. The summed E-state index contributed by atoms with van der Waals surface area (Å²) in [4.78, 5) is 25.3. The van der Waals surface area contributed by atoms with Gasteiger partial charge in [0.05, 0.1) is 13.2 Å². The Bertz CT molecular complexity index is 659. The van der Waals surface area contributed by atoms with Gasteiger partial charge in [0.1, 0.15) is 5.78 Å². The van der Waals surface area contributed by atoms with Crippen molar-refractivity contribution in [1.29, 1.82) is 0 Å². The van der Waals surface area contributed by atoms with E-state index in [1.54, 1.807) is 0 Å². The fourth-order valence-corrected chi connectivity index (χ4v) is 8.67. The minimum absolute atomic E-state index is 0.0885. The molecule has 29 heavy (non-hydrogen) atoms. The summed E-state index contributed by atoms with van der Waals surface area (Å²) in [6.07, 6.45) is 9.42. The van der Waals surface area contributed by atoms with E-state index in [4.69, 9.17) is 4.74 Å². The molecule has 4 rings (SSSR count). The number of methoxy groups -OCH3 is 1. The van der Waals surface area contributed by atoms with Gasteiger partial charge < -0.3 is 9.84 Å². The minimum Gasteiger partial charge on any atom is -0.469 e. The van der Waals surface area contributed by atoms with Crippen molar-refractivity contribution in [2.24, 2.45) is 46.3 Å². The third-order valence-corrected chi connectivity index (χ3v) is 10.1. The van der Waals surface area contributed by atoms with Crippen LogP contribution in [0.1, 0.15) is 85.0 Å². The van der Waals surface area contributed by atoms with Crippen LogP contribution in [-0.2, 0) is 14.3 Å². The molecular weight excluding hydrogens is 364 g/mol. The molecule has 4 aliphatic rings. The Kier molecular flexibility index (Phi) is 5.63. The van der Waals surface area contributed by atoms with Gasteiger partial charge in [0.25, 0.3) is 0 Å². The fourth-order valence-electron chi connectivity index (χ4n) is 8.67. The molecule has 0 bridgehead atoms. The Labute approximate surface area is 176 Å². The summed E-state index contributed by atoms with van der Waals surface area (Å²) in [5, 5.41) is 10.2. The molecule has 0 aliphatic heterocycles. The molecule has 164 valence electrons. The van der Waals surface area contributed by atoms with Gasteiger partial charge in [0.2, 0.25) is 0 Å². The normalized spacial score (nSPS) is 47.7. The van der Waals surface area contributed by atoms with Gasteiger partial charge in [-0.1, -0.05) is 20.8 Å². The first-order valence-electron chi connectivity index (χ1n) is 12.0. The lowest BCUT2D eigenvalue weighted by Crippen LogP contribution is -2.57. The summed E-state index contributed by atoms with van der Waals surface area (Å²) in [6.45, 7) is 7.03. The number of Topliss-reactive ketones (excluding diaryl/α,β-unsaturated/α-hetero) is 1. The van der Waals surface area contributed by atoms with Crippen molar-refractivity contribution in [1.82, 2.24) is 0 Å². The van der Waals surface area contributed by atoms with Gasteiger partial charge in [-0.25, -0.2) is 0 Å². The fraction of sp³-hybridized carbons (Fsp3) is 0.920. The molecule has 4 aliphatic carbocycles. The zero-order valence-electron chi connectivity index (χ0n) is 18.8. The highest BCUT2D eigenvalue weighted by molar-refractivity contribution is 5.84. The van der Waals surface area contributed by atoms with Crippen LogP contribution in [0.3, 0.4) is 0 Å². The number of carbonyl (C=O) groups is 2. The van der Waals surface area contributed by atoms with Crippen LogP contribution in [0.4, 0.5) is 0 Å². The molecule has 0 radical (unpaired) electrons. The molecule has 0 unspecified atom stereocenters. The maximum atomic E-state index is 13.7. The van der Waals surface area contributed by atoms with Crippen LogP contribution in [-0.4, -0.2) is 30.1 Å². The number of hydrogen-bond acceptors (Lipinski definition) is 4. The third-order valence-electron chi connectivity index (χ3n) is 10.1. The number of fused-ring (bicyclic) bond motifs is 5. The quantitative estimate of drug-likeness (QED) is 0.685. The number of ether oxygens (including phenoxy) is 1. The minimum atomic E-state index is -0.167. The summed E-state index contributed by atoms with van der Waals surface area (Å²) in [7, 11) is 1.46. The Morgan fingerprint density at radius 1 is 1.17 bits per heavy atom. The van der Waals surface area contributed by atoms with Crippen LogP contribution in [0.25, 0.3) is 0 Å². The molecule has 0 aromatic rings. The molecule has 0 spiro atoms. The van der Waals surface area contributed by atoms with E-state index in [9.17, 15) is 14.7 Å². The van der Waals surface area contributed by atoms with E-state index < -0.39 is 0 Å². The second kappa shape index (κ2) is 7.66. The summed E-state index contributed by atoms with van der Waals surface area (Å²) in [5.41, 5.74) is 0.181. The van der Waals surface area contributed by atoms with Crippen molar-refractivity contribution >= 4 is 11.8 Å². The predicted octanol–water partition coefficient (Wildman–Crippen LogP) is 4.77. The van der Waals surface area contributed by atoms with Gasteiger partial charge in [-0.3, -0.25) is 9.59 Å². The molecule has 0 aromatic heterocycles. The Morgan fingerprint density at radius 3 is 2.66 bits per heavy atom. The first-order chi connectivity index (χ1) is 13.7. The first-order valence-corrected chi connectivity index (χ1v) is 12.0. The highest BCUT2D eigenvalue weighted by Crippen LogP contribution is 2.67. The summed E-state index contributed by atoms with van der Waals surface area (Å²) in [5.74, 6) is 3.24. The largest absolute Gasteiger partial charge is 0.469 e. The number of esters is 1. The van der Waals surface area contributed by atoms with Crippen LogP contribution in [0.5, 0.6) is 0 Å². The Morgan fingerprint density at radius 2 is 1.93 bits per heavy atom. The van der Waals surface area contributed by atoms with Crippen LogP contribution < -0.4 is 0 Å². The number of carbonyl (C=O) groups excluding carboxylic acids is 2. The van der Waals surface area contributed by atoms with Crippen molar-refractivity contribution in [2.75, 3.05) is 7.11 Å². The SMILES string of the molecule is COC(=O)CC[C@@H](C)[C@H]1CC[C@@H]2[C@H]3CC[C@H]4C[C@@H](O)CC[C@]4(C)[C@@H]3C(=O)C[C@]21C. The average Bonchev–Trinajstić information content (AvgIpc) is 3.02. The Balaban J connectivity index is 1.54. The summed E-state index contributed by atoms with van der Waals surface area (Å²) in [6, 6.07) is 0. The molecule has 4 fully saturated rings. The lowest BCUT2D eigenvalue weighted by atomic mass is 9.44. The number of aliphatic hydroxyl groups is 1. The van der Waals surface area contributed by atoms with Gasteiger partial charge in [0, 0.05) is 18.8 Å². The predicted molar refractivity (Wildman–Crippen MR) is 112 cm³/mol. The Hall–Kier alpha value is -0.900. The van der Waals surface area contributed by atoms with Gasteiger partial charge in [-0.2, -0.15) is 0 Å². The van der Waals surface area contributed by atoms with Gasteiger partial charge in [-0.05, 0) is 91.8 Å². The third kappa shape index (κ3) is 3.38. The highest BCUT2D eigenvalue weighted by Gasteiger charge is 2.63. The van der Waals surface area contributed by atoms with E-state index >= 15 is 0 Å². The van der Waals surface area contributed by atoms with E-state index in [0.29, 0.717) is 41.8 Å². The first kappa shape index (κ1) is 21.3. The molecule has 1 N–H and O–H groups in total. The van der Waals surface area contributed by atoms with E-state index in [1.165, 1.54) is 26.4 Å². The standard InChI is InChI=1S/C25H40O4/c1-15(5-10-22(28)29-4)19-8-9-20-18-7-6-16-13-17(26)11-12-24(16,2)23(18)21(27)14-25(19,20)3/h15-20,23,26H,5-14H2,1-4H3/t15-,16+,17+,18-,19-,20-,23+,24+,25+/m1/s1. The van der Waals surface area contributed by atoms with E-state index in [2.05, 4.69) is 20.8 Å². The lowest BCUT2D eigenvalue weighted by Gasteiger charge is -2.60. The van der Waals surface area contributed by atoms with Gasteiger partial charge >= 0.3 is 5.97 Å². The van der Waals surface area contributed by atoms with Crippen molar-refractivity contribution in [3.05, 3.63) is 0 Å². The smallest absolute Gasteiger partial charge is 0.305 e. The number of rotatable bonds is 4. The maximum absolute atomic E-state index is 13.7. The van der Waals surface area contributed by atoms with Crippen LogP contribution in [0.2, 0.25) is 0 Å². The van der Waals surface area contributed by atoms with Crippen LogP contribution >= 0.6 is 0 Å². The van der Waals surface area contributed by atoms with Gasteiger partial charge in [-0.15, -0.1) is 0 Å². The number of ketones is 1.